The molecule has 0 spiro atoms. The van der Waals surface area contributed by atoms with E-state index in [1.807, 2.05) is 0 Å². The van der Waals surface area contributed by atoms with Crippen LogP contribution in [0.1, 0.15) is 18.9 Å². The zero-order valence-corrected chi connectivity index (χ0v) is 15.1. The fourth-order valence-corrected chi connectivity index (χ4v) is 4.97. The number of aromatic hydroxyl groups is 1. The molecule has 0 radical (unpaired) electrons. The summed E-state index contributed by atoms with van der Waals surface area (Å²) in [5, 5.41) is 10.9. The van der Waals surface area contributed by atoms with Crippen LogP contribution in [0.15, 0.2) is 29.3 Å². The molecule has 1 aromatic carbocycles. The second-order valence-electron chi connectivity index (χ2n) is 6.21. The van der Waals surface area contributed by atoms with Gasteiger partial charge in [-0.25, -0.2) is 13.4 Å². The molecule has 1 aliphatic heterocycles. The highest BCUT2D eigenvalue weighted by Crippen LogP contribution is 2.32. The highest BCUT2D eigenvalue weighted by molar-refractivity contribution is 7.89. The van der Waals surface area contributed by atoms with Crippen molar-refractivity contribution in [1.29, 1.82) is 0 Å². The molecule has 1 fully saturated rings. The molecule has 8 heteroatoms. The van der Waals surface area contributed by atoms with Crippen LogP contribution in [0.2, 0.25) is 0 Å². The Labute approximate surface area is 146 Å². The Morgan fingerprint density at radius 2 is 1.96 bits per heavy atom. The van der Waals surface area contributed by atoms with Gasteiger partial charge < -0.3 is 10.0 Å². The number of aryl methyl sites for hydroxylation is 1. The van der Waals surface area contributed by atoms with E-state index in [9.17, 15) is 18.3 Å². The van der Waals surface area contributed by atoms with Crippen molar-refractivity contribution < 1.29 is 18.3 Å². The van der Waals surface area contributed by atoms with Crippen LogP contribution in [0.3, 0.4) is 0 Å². The molecule has 3 rings (SSSR count). The number of rotatable bonds is 2. The van der Waals surface area contributed by atoms with Crippen molar-refractivity contribution in [3.8, 4) is 5.88 Å². The Kier molecular flexibility index (Phi) is 4.66. The van der Waals surface area contributed by atoms with Crippen LogP contribution in [0.5, 0.6) is 5.88 Å². The van der Waals surface area contributed by atoms with Gasteiger partial charge in [-0.1, -0.05) is 6.07 Å². The highest BCUT2D eigenvalue weighted by Gasteiger charge is 2.29. The van der Waals surface area contributed by atoms with Crippen LogP contribution in [0, 0.1) is 6.92 Å². The average Bonchev–Trinajstić information content (AvgIpc) is 2.84. The molecular formula is C17H21N3O4S. The van der Waals surface area contributed by atoms with Gasteiger partial charge in [0, 0.05) is 50.1 Å². The zero-order valence-electron chi connectivity index (χ0n) is 14.3. The van der Waals surface area contributed by atoms with Crippen molar-refractivity contribution in [3.63, 3.8) is 0 Å². The van der Waals surface area contributed by atoms with Gasteiger partial charge in [0.05, 0.1) is 4.90 Å². The lowest BCUT2D eigenvalue weighted by Gasteiger charge is -2.22. The van der Waals surface area contributed by atoms with E-state index in [4.69, 9.17) is 0 Å². The van der Waals surface area contributed by atoms with Crippen LogP contribution in [0.4, 0.5) is 0 Å². The lowest BCUT2D eigenvalue weighted by atomic mass is 10.1. The Morgan fingerprint density at radius 3 is 2.68 bits per heavy atom. The summed E-state index contributed by atoms with van der Waals surface area (Å²) < 4.78 is 27.8. The molecule has 0 atom stereocenters. The molecule has 0 aliphatic carbocycles. The van der Waals surface area contributed by atoms with Gasteiger partial charge in [0.1, 0.15) is 0 Å². The Morgan fingerprint density at radius 1 is 1.20 bits per heavy atom. The minimum Gasteiger partial charge on any atom is -0.493 e. The third-order valence-electron chi connectivity index (χ3n) is 4.56. The predicted octanol–water partition coefficient (Wildman–Crippen LogP) is 1.49. The van der Waals surface area contributed by atoms with Gasteiger partial charge >= 0.3 is 0 Å². The van der Waals surface area contributed by atoms with Gasteiger partial charge in [0.15, 0.2) is 0 Å². The van der Waals surface area contributed by atoms with Gasteiger partial charge in [-0.05, 0) is 31.0 Å². The molecule has 1 amide bonds. The first-order chi connectivity index (χ1) is 11.8. The molecule has 1 aliphatic rings. The van der Waals surface area contributed by atoms with E-state index in [0.29, 0.717) is 42.4 Å². The average molecular weight is 363 g/mol. The fourth-order valence-electron chi connectivity index (χ4n) is 3.22. The monoisotopic (exact) mass is 363 g/mol. The predicted molar refractivity (Wildman–Crippen MR) is 93.8 cm³/mol. The Balaban J connectivity index is 2.05. The summed E-state index contributed by atoms with van der Waals surface area (Å²) in [7, 11) is -3.74. The first kappa shape index (κ1) is 17.6. The summed E-state index contributed by atoms with van der Waals surface area (Å²) in [4.78, 5) is 17.3. The van der Waals surface area contributed by atoms with E-state index in [-0.39, 0.29) is 23.2 Å². The number of sulfonamides is 1. The molecule has 2 aromatic rings. The number of hydrogen-bond donors (Lipinski definition) is 1. The second-order valence-corrected chi connectivity index (χ2v) is 8.11. The van der Waals surface area contributed by atoms with Crippen LogP contribution >= 0.6 is 0 Å². The minimum atomic E-state index is -3.74. The van der Waals surface area contributed by atoms with E-state index in [1.165, 1.54) is 17.4 Å². The van der Waals surface area contributed by atoms with Gasteiger partial charge in [-0.15, -0.1) is 0 Å². The number of benzene rings is 1. The van der Waals surface area contributed by atoms with Gasteiger partial charge in [0.25, 0.3) is 0 Å². The molecular weight excluding hydrogens is 342 g/mol. The van der Waals surface area contributed by atoms with Crippen LogP contribution in [0.25, 0.3) is 10.8 Å². The normalized spacial score (nSPS) is 16.8. The molecule has 0 bridgehead atoms. The summed E-state index contributed by atoms with van der Waals surface area (Å²) in [5.41, 5.74) is 0.687. The maximum Gasteiger partial charge on any atom is 0.243 e. The van der Waals surface area contributed by atoms with E-state index >= 15 is 0 Å². The summed E-state index contributed by atoms with van der Waals surface area (Å²) in [6.07, 6.45) is 2.06. The molecule has 25 heavy (non-hydrogen) atoms. The van der Waals surface area contributed by atoms with Crippen molar-refractivity contribution in [1.82, 2.24) is 14.2 Å². The summed E-state index contributed by atoms with van der Waals surface area (Å²) in [6, 6.07) is 4.82. The molecule has 1 saturated heterocycles. The van der Waals surface area contributed by atoms with Crippen molar-refractivity contribution in [2.45, 2.75) is 25.2 Å². The van der Waals surface area contributed by atoms with Crippen molar-refractivity contribution in [2.24, 2.45) is 0 Å². The molecule has 7 nitrogen and oxygen atoms in total. The summed E-state index contributed by atoms with van der Waals surface area (Å²) in [5.74, 6) is -0.229. The number of carbonyl (C=O) groups excluding carboxylic acids is 1. The van der Waals surface area contributed by atoms with E-state index < -0.39 is 10.0 Å². The lowest BCUT2D eigenvalue weighted by Crippen LogP contribution is -2.36. The summed E-state index contributed by atoms with van der Waals surface area (Å²) in [6.45, 7) is 4.82. The lowest BCUT2D eigenvalue weighted by molar-refractivity contribution is -0.128. The largest absolute Gasteiger partial charge is 0.493 e. The number of carbonyl (C=O) groups is 1. The molecule has 2 heterocycles. The first-order valence-corrected chi connectivity index (χ1v) is 9.59. The Bertz CT molecular complexity index is 927. The minimum absolute atomic E-state index is 0.0451. The third-order valence-corrected chi connectivity index (χ3v) is 6.50. The second kappa shape index (κ2) is 6.61. The summed E-state index contributed by atoms with van der Waals surface area (Å²) >= 11 is 0. The standard InChI is InChI=1S/C17H21N3O4S/c1-12-11-18-17(22)14-5-3-6-15(16(12)14)25(23,24)20-8-4-7-19(9-10-20)13(2)21/h3,5-6,11H,4,7-10H2,1-2H3,(H,18,22). The van der Waals surface area contributed by atoms with E-state index in [2.05, 4.69) is 4.98 Å². The Hall–Kier alpha value is -2.19. The molecule has 134 valence electrons. The smallest absolute Gasteiger partial charge is 0.243 e. The van der Waals surface area contributed by atoms with Crippen LogP contribution in [-0.4, -0.2) is 59.8 Å². The SMILES string of the molecule is CC(=O)N1CCCN(S(=O)(=O)c2cccc3c(O)ncc(C)c23)CC1. The molecule has 1 N–H and O–H groups in total. The number of fused-ring (bicyclic) bond motifs is 1. The van der Waals surface area contributed by atoms with E-state index in [1.54, 1.807) is 30.0 Å². The zero-order chi connectivity index (χ0) is 18.2. The highest BCUT2D eigenvalue weighted by atomic mass is 32.2. The van der Waals surface area contributed by atoms with Crippen molar-refractivity contribution in [2.75, 3.05) is 26.2 Å². The quantitative estimate of drug-likeness (QED) is 0.873. The van der Waals surface area contributed by atoms with Crippen LogP contribution in [-0.2, 0) is 14.8 Å². The van der Waals surface area contributed by atoms with Crippen molar-refractivity contribution in [3.05, 3.63) is 30.0 Å². The number of nitrogens with zero attached hydrogens (tertiary/aromatic N) is 3. The fraction of sp³-hybridized carbons (Fsp3) is 0.412. The van der Waals surface area contributed by atoms with Crippen LogP contribution < -0.4 is 0 Å². The maximum atomic E-state index is 13.2. The number of pyridine rings is 1. The molecule has 1 aromatic heterocycles. The van der Waals surface area contributed by atoms with Gasteiger partial charge in [0.2, 0.25) is 21.8 Å². The molecule has 0 saturated carbocycles. The third kappa shape index (κ3) is 3.19. The van der Waals surface area contributed by atoms with Crippen molar-refractivity contribution >= 4 is 26.7 Å². The topological polar surface area (TPSA) is 90.8 Å². The van der Waals surface area contributed by atoms with E-state index in [0.717, 1.165) is 0 Å². The molecule has 0 unspecified atom stereocenters. The van der Waals surface area contributed by atoms with Gasteiger partial charge in [-0.3, -0.25) is 4.79 Å². The number of aromatic nitrogens is 1. The number of hydrogen-bond acceptors (Lipinski definition) is 5. The van der Waals surface area contributed by atoms with Gasteiger partial charge in [-0.2, -0.15) is 4.31 Å². The first-order valence-electron chi connectivity index (χ1n) is 8.15. The number of amides is 1. The maximum absolute atomic E-state index is 13.2.